The molecule has 0 saturated carbocycles. The van der Waals surface area contributed by atoms with E-state index in [1.54, 1.807) is 0 Å². The highest BCUT2D eigenvalue weighted by molar-refractivity contribution is 5.74. The molecular weight excluding hydrogens is 478 g/mol. The lowest BCUT2D eigenvalue weighted by atomic mass is 9.90. The molecule has 1 N–H and O–H groups in total. The molecule has 3 heterocycles. The fourth-order valence-corrected chi connectivity index (χ4v) is 6.42. The van der Waals surface area contributed by atoms with Gasteiger partial charge in [0.15, 0.2) is 0 Å². The van der Waals surface area contributed by atoms with E-state index in [1.807, 2.05) is 6.20 Å². The normalized spacial score (nSPS) is 17.3. The van der Waals surface area contributed by atoms with Crippen LogP contribution in [0.2, 0.25) is 0 Å². The average Bonchev–Trinajstić information content (AvgIpc) is 3.40. The van der Waals surface area contributed by atoms with E-state index in [0.717, 1.165) is 68.8 Å². The number of aromatic nitrogens is 3. The number of rotatable bonds is 7. The third kappa shape index (κ3) is 5.25. The molecule has 39 heavy (non-hydrogen) atoms. The summed E-state index contributed by atoms with van der Waals surface area (Å²) in [4.78, 5) is 18.5. The zero-order chi connectivity index (χ0) is 26.0. The molecule has 1 aliphatic heterocycles. The summed E-state index contributed by atoms with van der Waals surface area (Å²) < 4.78 is 0. The Kier molecular flexibility index (Phi) is 6.69. The number of hydrogen-bond acceptors (Lipinski definition) is 4. The number of fused-ring (bicyclic) bond motifs is 3. The van der Waals surface area contributed by atoms with Crippen LogP contribution in [0.15, 0.2) is 91.1 Å². The van der Waals surface area contributed by atoms with E-state index in [0.29, 0.717) is 0 Å². The number of imidazole rings is 1. The highest BCUT2D eigenvalue weighted by atomic mass is 15.2. The Hall–Kier alpha value is -3.80. The van der Waals surface area contributed by atoms with Gasteiger partial charge < -0.3 is 4.98 Å². The molecule has 0 amide bonds. The number of aryl methyl sites for hydroxylation is 1. The Balaban J connectivity index is 1.11. The minimum atomic E-state index is 0.288. The minimum Gasteiger partial charge on any atom is -0.341 e. The molecule has 5 heteroatoms. The predicted octanol–water partition coefficient (Wildman–Crippen LogP) is 6.60. The zero-order valence-electron chi connectivity index (χ0n) is 22.4. The van der Waals surface area contributed by atoms with Gasteiger partial charge in [0.1, 0.15) is 5.82 Å². The first kappa shape index (κ1) is 24.3. The van der Waals surface area contributed by atoms with Gasteiger partial charge in [0.2, 0.25) is 0 Å². The zero-order valence-corrected chi connectivity index (χ0v) is 22.4. The lowest BCUT2D eigenvalue weighted by Gasteiger charge is -2.34. The molecular formula is C34H35N5. The van der Waals surface area contributed by atoms with Crippen molar-refractivity contribution in [1.82, 2.24) is 24.8 Å². The summed E-state index contributed by atoms with van der Waals surface area (Å²) in [6.45, 7) is 4.80. The summed E-state index contributed by atoms with van der Waals surface area (Å²) in [5, 5.41) is 0. The largest absolute Gasteiger partial charge is 0.341 e. The van der Waals surface area contributed by atoms with Crippen molar-refractivity contribution in [1.29, 1.82) is 0 Å². The number of para-hydroxylation sites is 2. The van der Waals surface area contributed by atoms with Crippen molar-refractivity contribution in [2.75, 3.05) is 6.54 Å². The third-order valence-corrected chi connectivity index (χ3v) is 8.42. The van der Waals surface area contributed by atoms with Gasteiger partial charge in [-0.25, -0.2) is 4.98 Å². The summed E-state index contributed by atoms with van der Waals surface area (Å²) >= 11 is 0. The third-order valence-electron chi connectivity index (χ3n) is 8.42. The van der Waals surface area contributed by atoms with E-state index in [2.05, 4.69) is 99.7 Å². The van der Waals surface area contributed by atoms with Gasteiger partial charge in [-0.2, -0.15) is 0 Å². The van der Waals surface area contributed by atoms with Crippen LogP contribution < -0.4 is 0 Å². The highest BCUT2D eigenvalue weighted by Crippen LogP contribution is 2.35. The maximum atomic E-state index is 4.92. The topological polar surface area (TPSA) is 48.0 Å². The Morgan fingerprint density at radius 1 is 0.795 bits per heavy atom. The summed E-state index contributed by atoms with van der Waals surface area (Å²) in [5.41, 5.74) is 10.5. The quantitative estimate of drug-likeness (QED) is 0.267. The molecule has 0 radical (unpaired) electrons. The Morgan fingerprint density at radius 2 is 1.59 bits per heavy atom. The molecule has 3 aromatic carbocycles. The molecule has 0 saturated heterocycles. The first-order chi connectivity index (χ1) is 19.3. The molecule has 2 aromatic heterocycles. The van der Waals surface area contributed by atoms with Crippen LogP contribution in [0.3, 0.4) is 0 Å². The van der Waals surface area contributed by atoms with Crippen molar-refractivity contribution in [2.24, 2.45) is 0 Å². The monoisotopic (exact) mass is 513 g/mol. The van der Waals surface area contributed by atoms with Crippen LogP contribution in [0.25, 0.3) is 11.0 Å². The number of hydrogen-bond donors (Lipinski definition) is 1. The molecule has 0 bridgehead atoms. The van der Waals surface area contributed by atoms with Gasteiger partial charge in [0, 0.05) is 32.4 Å². The molecule has 1 aliphatic carbocycles. The van der Waals surface area contributed by atoms with Crippen LogP contribution in [-0.2, 0) is 39.0 Å². The molecule has 1 unspecified atom stereocenters. The van der Waals surface area contributed by atoms with Crippen molar-refractivity contribution in [3.63, 3.8) is 0 Å². The molecule has 5 aromatic rings. The molecule has 196 valence electrons. The number of nitrogens with one attached hydrogen (secondary N) is 1. The smallest absolute Gasteiger partial charge is 0.121 e. The van der Waals surface area contributed by atoms with Gasteiger partial charge in [-0.15, -0.1) is 0 Å². The van der Waals surface area contributed by atoms with Crippen LogP contribution in [-0.4, -0.2) is 31.3 Å². The second-order valence-corrected chi connectivity index (χ2v) is 11.1. The Morgan fingerprint density at radius 3 is 2.49 bits per heavy atom. The number of benzene rings is 3. The first-order valence-electron chi connectivity index (χ1n) is 14.3. The summed E-state index contributed by atoms with van der Waals surface area (Å²) in [6.07, 6.45) is 6.52. The van der Waals surface area contributed by atoms with Crippen molar-refractivity contribution in [3.8, 4) is 0 Å². The fraction of sp³-hybridized carbons (Fsp3) is 0.294. The van der Waals surface area contributed by atoms with Gasteiger partial charge >= 0.3 is 0 Å². The number of pyridine rings is 1. The SMILES string of the molecule is c1ccc2c(c1)CCN(Cc1ccc(CN(Cc3nc4ccccc4[nH]3)C3CCCc4cccnc43)cc1)C2. The van der Waals surface area contributed by atoms with Crippen molar-refractivity contribution >= 4 is 11.0 Å². The van der Waals surface area contributed by atoms with Gasteiger partial charge in [0.05, 0.1) is 29.3 Å². The minimum absolute atomic E-state index is 0.288. The first-order valence-corrected chi connectivity index (χ1v) is 14.3. The van der Waals surface area contributed by atoms with Gasteiger partial charge in [-0.05, 0) is 71.7 Å². The van der Waals surface area contributed by atoms with Gasteiger partial charge in [-0.3, -0.25) is 14.8 Å². The van der Waals surface area contributed by atoms with Crippen molar-refractivity contribution < 1.29 is 0 Å². The van der Waals surface area contributed by atoms with E-state index < -0.39 is 0 Å². The second-order valence-electron chi connectivity index (χ2n) is 11.1. The van der Waals surface area contributed by atoms with Gasteiger partial charge in [-0.1, -0.05) is 66.7 Å². The standard InChI is InChI=1S/C34H35N5/c1-2-8-29-23-38(20-18-27(29)7-1)21-25-14-16-26(17-15-25)22-39(24-33-36-30-11-3-4-12-31(30)37-33)32-13-5-9-28-10-6-19-35-34(28)32/h1-4,6-8,10-12,14-17,19,32H,5,9,13,18,20-24H2,(H,36,37). The van der Waals surface area contributed by atoms with Crippen molar-refractivity contribution in [3.05, 3.63) is 130 Å². The predicted molar refractivity (Wildman–Crippen MR) is 156 cm³/mol. The molecule has 0 fully saturated rings. The van der Waals surface area contributed by atoms with Crippen LogP contribution in [0, 0.1) is 0 Å². The maximum absolute atomic E-state index is 4.92. The Bertz CT molecular complexity index is 1540. The maximum Gasteiger partial charge on any atom is 0.121 e. The lowest BCUT2D eigenvalue weighted by Crippen LogP contribution is -2.32. The van der Waals surface area contributed by atoms with E-state index in [1.165, 1.54) is 39.9 Å². The fourth-order valence-electron chi connectivity index (χ4n) is 6.42. The molecule has 7 rings (SSSR count). The van der Waals surface area contributed by atoms with Gasteiger partial charge in [0.25, 0.3) is 0 Å². The molecule has 5 nitrogen and oxygen atoms in total. The van der Waals surface area contributed by atoms with Crippen LogP contribution >= 0.6 is 0 Å². The van der Waals surface area contributed by atoms with Crippen LogP contribution in [0.1, 0.15) is 58.2 Å². The molecule has 2 aliphatic rings. The number of H-pyrrole nitrogens is 1. The van der Waals surface area contributed by atoms with Crippen LogP contribution in [0.4, 0.5) is 0 Å². The molecule has 0 spiro atoms. The van der Waals surface area contributed by atoms with E-state index >= 15 is 0 Å². The summed E-state index contributed by atoms with van der Waals surface area (Å²) in [7, 11) is 0. The Labute approximate surface area is 230 Å². The average molecular weight is 514 g/mol. The lowest BCUT2D eigenvalue weighted by molar-refractivity contribution is 0.153. The number of aromatic amines is 1. The van der Waals surface area contributed by atoms with Crippen molar-refractivity contribution in [2.45, 2.75) is 57.9 Å². The van der Waals surface area contributed by atoms with E-state index in [9.17, 15) is 0 Å². The van der Waals surface area contributed by atoms with E-state index in [4.69, 9.17) is 9.97 Å². The highest BCUT2D eigenvalue weighted by Gasteiger charge is 2.28. The van der Waals surface area contributed by atoms with E-state index in [-0.39, 0.29) is 6.04 Å². The van der Waals surface area contributed by atoms with Crippen LogP contribution in [0.5, 0.6) is 0 Å². The molecule has 1 atom stereocenters. The second kappa shape index (κ2) is 10.8. The summed E-state index contributed by atoms with van der Waals surface area (Å²) in [6, 6.07) is 31.1. The summed E-state index contributed by atoms with van der Waals surface area (Å²) in [5.74, 6) is 1.02. The number of nitrogens with zero attached hydrogens (tertiary/aromatic N) is 4.